The van der Waals surface area contributed by atoms with Crippen molar-refractivity contribution in [3.8, 4) is 5.75 Å². The van der Waals surface area contributed by atoms with Crippen molar-refractivity contribution in [3.05, 3.63) is 96.6 Å². The highest BCUT2D eigenvalue weighted by Crippen LogP contribution is 2.23. The van der Waals surface area contributed by atoms with Gasteiger partial charge in [0.25, 0.3) is 5.91 Å². The monoisotopic (exact) mass is 443 g/mol. The summed E-state index contributed by atoms with van der Waals surface area (Å²) in [5.41, 5.74) is 3.21. The molecule has 0 heterocycles. The van der Waals surface area contributed by atoms with Gasteiger partial charge in [-0.05, 0) is 60.0 Å². The molecule has 0 radical (unpaired) electrons. The van der Waals surface area contributed by atoms with Gasteiger partial charge < -0.3 is 20.7 Å². The second kappa shape index (κ2) is 11.0. The van der Waals surface area contributed by atoms with E-state index in [2.05, 4.69) is 22.5 Å². The van der Waals surface area contributed by atoms with E-state index in [0.717, 1.165) is 11.3 Å². The Morgan fingerprint density at radius 2 is 1.48 bits per heavy atom. The van der Waals surface area contributed by atoms with Gasteiger partial charge in [-0.25, -0.2) is 0 Å². The van der Waals surface area contributed by atoms with Gasteiger partial charge >= 0.3 is 0 Å². The molecule has 3 rings (SSSR count). The van der Waals surface area contributed by atoms with Gasteiger partial charge in [0, 0.05) is 11.4 Å². The Labute approximate surface area is 194 Å². The molecule has 1 atom stereocenters. The zero-order chi connectivity index (χ0) is 23.8. The summed E-state index contributed by atoms with van der Waals surface area (Å²) < 4.78 is 5.20. The molecule has 3 N–H and O–H groups in total. The summed E-state index contributed by atoms with van der Waals surface area (Å²) in [5.74, 6) is 0.0343. The molecule has 2 amide bonds. The zero-order valence-corrected chi connectivity index (χ0v) is 19.1. The van der Waals surface area contributed by atoms with Crippen molar-refractivity contribution in [2.75, 3.05) is 17.7 Å². The van der Waals surface area contributed by atoms with Gasteiger partial charge in [-0.1, -0.05) is 50.8 Å². The maximum Gasteiger partial charge on any atom is 0.254 e. The first kappa shape index (κ1) is 23.6. The lowest BCUT2D eigenvalue weighted by Gasteiger charge is -2.23. The van der Waals surface area contributed by atoms with Crippen molar-refractivity contribution in [1.82, 2.24) is 5.32 Å². The third kappa shape index (κ3) is 6.23. The van der Waals surface area contributed by atoms with E-state index in [1.54, 1.807) is 37.4 Å². The van der Waals surface area contributed by atoms with Crippen molar-refractivity contribution < 1.29 is 14.3 Å². The van der Waals surface area contributed by atoms with Crippen molar-refractivity contribution in [1.29, 1.82) is 0 Å². The van der Waals surface area contributed by atoms with Crippen LogP contribution in [-0.4, -0.2) is 25.0 Å². The number of rotatable bonds is 9. The molecule has 170 valence electrons. The van der Waals surface area contributed by atoms with E-state index in [4.69, 9.17) is 4.74 Å². The lowest BCUT2D eigenvalue weighted by atomic mass is 10.0. The SMILES string of the molecule is C=C(Nc1ccccc1C(=O)NC(C(=O)Nc1ccccc1)C(C)C)c1ccc(OC)cc1. The fraction of sp³-hybridized carbons (Fsp3) is 0.185. The molecular weight excluding hydrogens is 414 g/mol. The first-order valence-electron chi connectivity index (χ1n) is 10.7. The van der Waals surface area contributed by atoms with E-state index in [1.165, 1.54) is 0 Å². The number of anilines is 2. The average Bonchev–Trinajstić information content (AvgIpc) is 2.83. The van der Waals surface area contributed by atoms with Crippen LogP contribution < -0.4 is 20.7 Å². The first-order chi connectivity index (χ1) is 15.9. The lowest BCUT2D eigenvalue weighted by Crippen LogP contribution is -2.47. The number of para-hydroxylation sites is 2. The predicted molar refractivity (Wildman–Crippen MR) is 133 cm³/mol. The standard InChI is InChI=1S/C27H29N3O3/c1-18(2)25(27(32)29-21-10-6-5-7-11-21)30-26(31)23-12-8-9-13-24(23)28-19(3)20-14-16-22(33-4)17-15-20/h5-18,25,28H,3H2,1-2,4H3,(H,29,32)(H,30,31). The summed E-state index contributed by atoms with van der Waals surface area (Å²) in [4.78, 5) is 26.0. The lowest BCUT2D eigenvalue weighted by molar-refractivity contribution is -0.118. The van der Waals surface area contributed by atoms with Gasteiger partial charge in [-0.3, -0.25) is 9.59 Å². The van der Waals surface area contributed by atoms with Crippen molar-refractivity contribution in [3.63, 3.8) is 0 Å². The Bertz CT molecular complexity index is 1110. The van der Waals surface area contributed by atoms with E-state index >= 15 is 0 Å². The zero-order valence-electron chi connectivity index (χ0n) is 19.1. The van der Waals surface area contributed by atoms with Crippen LogP contribution in [0.5, 0.6) is 5.75 Å². The number of hydrogen-bond donors (Lipinski definition) is 3. The normalized spacial score (nSPS) is 11.4. The van der Waals surface area contributed by atoms with Gasteiger partial charge in [0.15, 0.2) is 0 Å². The molecule has 0 aliphatic heterocycles. The van der Waals surface area contributed by atoms with E-state index in [1.807, 2.05) is 62.4 Å². The van der Waals surface area contributed by atoms with Gasteiger partial charge in [0.2, 0.25) is 5.91 Å². The minimum atomic E-state index is -0.699. The Balaban J connectivity index is 1.74. The number of carbonyl (C=O) groups excluding carboxylic acids is 2. The van der Waals surface area contributed by atoms with Crippen LogP contribution in [0.2, 0.25) is 0 Å². The number of benzene rings is 3. The summed E-state index contributed by atoms with van der Waals surface area (Å²) in [5, 5.41) is 8.97. The van der Waals surface area contributed by atoms with Crippen LogP contribution in [0.1, 0.15) is 29.8 Å². The van der Waals surface area contributed by atoms with E-state index in [-0.39, 0.29) is 17.7 Å². The molecule has 0 aromatic heterocycles. The van der Waals surface area contributed by atoms with Crippen molar-refractivity contribution in [2.24, 2.45) is 5.92 Å². The van der Waals surface area contributed by atoms with E-state index < -0.39 is 6.04 Å². The second-order valence-electron chi connectivity index (χ2n) is 7.93. The molecule has 1 unspecified atom stereocenters. The van der Waals surface area contributed by atoms with Crippen molar-refractivity contribution in [2.45, 2.75) is 19.9 Å². The number of ether oxygens (including phenoxy) is 1. The molecule has 6 nitrogen and oxygen atoms in total. The van der Waals surface area contributed by atoms with Crippen LogP contribution in [0.3, 0.4) is 0 Å². The number of carbonyl (C=O) groups is 2. The smallest absolute Gasteiger partial charge is 0.254 e. The number of methoxy groups -OCH3 is 1. The molecule has 0 saturated carbocycles. The van der Waals surface area contributed by atoms with Gasteiger partial charge in [-0.15, -0.1) is 0 Å². The quantitative estimate of drug-likeness (QED) is 0.426. The molecule has 3 aromatic rings. The molecule has 0 fully saturated rings. The highest BCUT2D eigenvalue weighted by atomic mass is 16.5. The van der Waals surface area contributed by atoms with Crippen LogP contribution in [0, 0.1) is 5.92 Å². The van der Waals surface area contributed by atoms with E-state index in [0.29, 0.717) is 22.6 Å². The van der Waals surface area contributed by atoms with Gasteiger partial charge in [-0.2, -0.15) is 0 Å². The summed E-state index contributed by atoms with van der Waals surface area (Å²) >= 11 is 0. The summed E-state index contributed by atoms with van der Waals surface area (Å²) in [6.07, 6.45) is 0. The highest BCUT2D eigenvalue weighted by Gasteiger charge is 2.25. The number of nitrogens with one attached hydrogen (secondary N) is 3. The Kier molecular flexibility index (Phi) is 7.86. The number of hydrogen-bond acceptors (Lipinski definition) is 4. The molecule has 6 heteroatoms. The van der Waals surface area contributed by atoms with Crippen molar-refractivity contribution >= 4 is 28.9 Å². The number of amides is 2. The van der Waals surface area contributed by atoms with Crippen LogP contribution in [0.25, 0.3) is 5.70 Å². The van der Waals surface area contributed by atoms with Crippen LogP contribution in [0.4, 0.5) is 11.4 Å². The molecule has 0 aliphatic rings. The van der Waals surface area contributed by atoms with Crippen LogP contribution in [-0.2, 0) is 4.79 Å². The Morgan fingerprint density at radius 1 is 0.848 bits per heavy atom. The maximum atomic E-state index is 13.2. The summed E-state index contributed by atoms with van der Waals surface area (Å²) in [7, 11) is 1.61. The molecule has 3 aromatic carbocycles. The van der Waals surface area contributed by atoms with Crippen LogP contribution >= 0.6 is 0 Å². The summed E-state index contributed by atoms with van der Waals surface area (Å²) in [6.45, 7) is 7.88. The Morgan fingerprint density at radius 3 is 2.12 bits per heavy atom. The molecule has 0 saturated heterocycles. The fourth-order valence-corrected chi connectivity index (χ4v) is 3.31. The first-order valence-corrected chi connectivity index (χ1v) is 10.7. The average molecular weight is 444 g/mol. The minimum absolute atomic E-state index is 0.105. The molecule has 33 heavy (non-hydrogen) atoms. The minimum Gasteiger partial charge on any atom is -0.497 e. The Hall–Kier alpha value is -4.06. The van der Waals surface area contributed by atoms with Gasteiger partial charge in [0.05, 0.1) is 18.4 Å². The molecule has 0 aliphatic carbocycles. The third-order valence-corrected chi connectivity index (χ3v) is 5.17. The predicted octanol–water partition coefficient (Wildman–Crippen LogP) is 5.17. The molecule has 0 bridgehead atoms. The molecular formula is C27H29N3O3. The topological polar surface area (TPSA) is 79.5 Å². The maximum absolute atomic E-state index is 13.2. The van der Waals surface area contributed by atoms with Crippen LogP contribution in [0.15, 0.2) is 85.4 Å². The fourth-order valence-electron chi connectivity index (χ4n) is 3.31. The molecule has 0 spiro atoms. The second-order valence-corrected chi connectivity index (χ2v) is 7.93. The summed E-state index contributed by atoms with van der Waals surface area (Å²) in [6, 6.07) is 23.1. The highest BCUT2D eigenvalue weighted by molar-refractivity contribution is 6.04. The van der Waals surface area contributed by atoms with Gasteiger partial charge in [0.1, 0.15) is 11.8 Å². The third-order valence-electron chi connectivity index (χ3n) is 5.17. The van der Waals surface area contributed by atoms with E-state index in [9.17, 15) is 9.59 Å². The largest absolute Gasteiger partial charge is 0.497 e.